The Morgan fingerprint density at radius 3 is 2.22 bits per heavy atom. The van der Waals surface area contributed by atoms with Crippen LogP contribution in [0, 0.1) is 0 Å². The number of rotatable bonds is 5. The molecule has 0 saturated carbocycles. The minimum atomic E-state index is -4.25. The molecule has 2 atom stereocenters. The number of likely N-dealkylation sites (N-methyl/N-ethyl adjacent to an activating group) is 1. The highest BCUT2D eigenvalue weighted by Gasteiger charge is 2.33. The largest absolute Gasteiger partial charge is 0.401 e. The Morgan fingerprint density at radius 2 is 1.78 bits per heavy atom. The Balaban J connectivity index is 2.77. The van der Waals surface area contributed by atoms with E-state index in [-0.39, 0.29) is 0 Å². The second kappa shape index (κ2) is 6.20. The lowest BCUT2D eigenvalue weighted by molar-refractivity contribution is -0.152. The maximum atomic E-state index is 12.3. The molecule has 18 heavy (non-hydrogen) atoms. The molecule has 1 aromatic rings. The molecule has 2 unspecified atom stereocenters. The van der Waals surface area contributed by atoms with Gasteiger partial charge >= 0.3 is 6.18 Å². The van der Waals surface area contributed by atoms with Crippen molar-refractivity contribution in [2.24, 2.45) is 0 Å². The molecule has 2 nitrogen and oxygen atoms in total. The maximum Gasteiger partial charge on any atom is 0.401 e. The summed E-state index contributed by atoms with van der Waals surface area (Å²) in [6.07, 6.45) is -4.72. The molecule has 1 N–H and O–H groups in total. The fraction of sp³-hybridized carbons (Fsp3) is 0.538. The predicted molar refractivity (Wildman–Crippen MR) is 64.2 cm³/mol. The van der Waals surface area contributed by atoms with E-state index in [9.17, 15) is 18.3 Å². The summed E-state index contributed by atoms with van der Waals surface area (Å²) < 4.78 is 37.0. The van der Waals surface area contributed by atoms with Crippen molar-refractivity contribution in [3.8, 4) is 0 Å². The second-order valence-corrected chi connectivity index (χ2v) is 4.36. The number of alkyl halides is 3. The van der Waals surface area contributed by atoms with Gasteiger partial charge in [0, 0.05) is 6.04 Å². The third-order valence-corrected chi connectivity index (χ3v) is 2.92. The highest BCUT2D eigenvalue weighted by Crippen LogP contribution is 2.25. The smallest absolute Gasteiger partial charge is 0.387 e. The lowest BCUT2D eigenvalue weighted by atomic mass is 9.99. The number of hydrogen-bond acceptors (Lipinski definition) is 2. The van der Waals surface area contributed by atoms with Gasteiger partial charge < -0.3 is 5.11 Å². The van der Waals surface area contributed by atoms with Gasteiger partial charge in [0.2, 0.25) is 0 Å². The molecule has 0 aromatic heterocycles. The van der Waals surface area contributed by atoms with E-state index >= 15 is 0 Å². The summed E-state index contributed by atoms with van der Waals surface area (Å²) in [4.78, 5) is 1.15. The van der Waals surface area contributed by atoms with E-state index in [2.05, 4.69) is 0 Å². The average Bonchev–Trinajstić information content (AvgIpc) is 2.28. The zero-order chi connectivity index (χ0) is 13.8. The van der Waals surface area contributed by atoms with Crippen molar-refractivity contribution in [1.82, 2.24) is 4.90 Å². The van der Waals surface area contributed by atoms with Crippen LogP contribution >= 0.6 is 0 Å². The van der Waals surface area contributed by atoms with Crippen LogP contribution in [0.1, 0.15) is 25.0 Å². The van der Waals surface area contributed by atoms with Crippen molar-refractivity contribution < 1.29 is 18.3 Å². The molecular formula is C13H18F3NO. The van der Waals surface area contributed by atoms with E-state index in [1.54, 1.807) is 37.3 Å². The number of aliphatic hydroxyl groups is 1. The van der Waals surface area contributed by atoms with Gasteiger partial charge in [-0.3, -0.25) is 4.90 Å². The molecule has 0 aliphatic carbocycles. The number of nitrogens with zero attached hydrogens (tertiary/aromatic N) is 1. The Morgan fingerprint density at radius 1 is 1.22 bits per heavy atom. The van der Waals surface area contributed by atoms with E-state index in [1.807, 2.05) is 0 Å². The first-order chi connectivity index (χ1) is 8.35. The third kappa shape index (κ3) is 4.31. The summed E-state index contributed by atoms with van der Waals surface area (Å²) in [5, 5.41) is 10.1. The van der Waals surface area contributed by atoms with Gasteiger partial charge in [-0.15, -0.1) is 0 Å². The first kappa shape index (κ1) is 15.0. The number of benzene rings is 1. The topological polar surface area (TPSA) is 23.5 Å². The molecule has 0 heterocycles. The van der Waals surface area contributed by atoms with Gasteiger partial charge in [0.25, 0.3) is 0 Å². The molecule has 0 aliphatic rings. The molecule has 0 aliphatic heterocycles. The Bertz CT molecular complexity index is 353. The monoisotopic (exact) mass is 261 g/mol. The molecule has 1 rings (SSSR count). The number of halogens is 3. The van der Waals surface area contributed by atoms with Crippen LogP contribution in [0.4, 0.5) is 13.2 Å². The SMILES string of the molecule is CCC(C(O)c1ccccc1)N(C)CC(F)(F)F. The molecule has 0 bridgehead atoms. The molecule has 0 radical (unpaired) electrons. The molecule has 1 aromatic carbocycles. The Labute approximate surface area is 105 Å². The lowest BCUT2D eigenvalue weighted by Crippen LogP contribution is -2.41. The molecule has 0 amide bonds. The van der Waals surface area contributed by atoms with Gasteiger partial charge in [-0.1, -0.05) is 37.3 Å². The number of aliphatic hydroxyl groups excluding tert-OH is 1. The fourth-order valence-corrected chi connectivity index (χ4v) is 2.05. The van der Waals surface area contributed by atoms with E-state index in [4.69, 9.17) is 0 Å². The van der Waals surface area contributed by atoms with Gasteiger partial charge in [0.1, 0.15) is 0 Å². The Kier molecular flexibility index (Phi) is 5.16. The van der Waals surface area contributed by atoms with Crippen molar-refractivity contribution in [3.63, 3.8) is 0 Å². The zero-order valence-electron chi connectivity index (χ0n) is 10.5. The van der Waals surface area contributed by atoms with Crippen LogP contribution in [0.2, 0.25) is 0 Å². The summed E-state index contributed by atoms with van der Waals surface area (Å²) in [6.45, 7) is 0.749. The van der Waals surface area contributed by atoms with Crippen LogP contribution in [0.15, 0.2) is 30.3 Å². The second-order valence-electron chi connectivity index (χ2n) is 4.36. The Hall–Kier alpha value is -1.07. The van der Waals surface area contributed by atoms with Gasteiger partial charge in [-0.2, -0.15) is 13.2 Å². The standard InChI is InChI=1S/C13H18F3NO/c1-3-11(17(2)9-13(14,15)16)12(18)10-7-5-4-6-8-10/h4-8,11-12,18H,3,9H2,1-2H3. The van der Waals surface area contributed by atoms with E-state index < -0.39 is 24.9 Å². The molecule has 5 heteroatoms. The minimum absolute atomic E-state index is 0.447. The zero-order valence-corrected chi connectivity index (χ0v) is 10.5. The van der Waals surface area contributed by atoms with E-state index in [0.29, 0.717) is 12.0 Å². The summed E-state index contributed by atoms with van der Waals surface area (Å²) in [5.41, 5.74) is 0.637. The summed E-state index contributed by atoms with van der Waals surface area (Å²) >= 11 is 0. The van der Waals surface area contributed by atoms with Crippen molar-refractivity contribution in [2.45, 2.75) is 31.7 Å². The van der Waals surface area contributed by atoms with E-state index in [0.717, 1.165) is 4.90 Å². The van der Waals surface area contributed by atoms with Crippen LogP contribution in [0.5, 0.6) is 0 Å². The molecule has 0 spiro atoms. The quantitative estimate of drug-likeness (QED) is 0.880. The van der Waals surface area contributed by atoms with Crippen LogP contribution in [-0.4, -0.2) is 35.8 Å². The van der Waals surface area contributed by atoms with E-state index in [1.165, 1.54) is 7.05 Å². The minimum Gasteiger partial charge on any atom is -0.387 e. The summed E-state index contributed by atoms with van der Waals surface area (Å²) in [5.74, 6) is 0. The average molecular weight is 261 g/mol. The van der Waals surface area contributed by atoms with Gasteiger partial charge in [-0.25, -0.2) is 0 Å². The van der Waals surface area contributed by atoms with Crippen molar-refractivity contribution in [2.75, 3.05) is 13.6 Å². The predicted octanol–water partition coefficient (Wildman–Crippen LogP) is 2.99. The molecule has 0 fully saturated rings. The van der Waals surface area contributed by atoms with Crippen molar-refractivity contribution >= 4 is 0 Å². The summed E-state index contributed by atoms with van der Waals surface area (Å²) in [7, 11) is 1.38. The van der Waals surface area contributed by atoms with Crippen LogP contribution < -0.4 is 0 Å². The first-order valence-corrected chi connectivity index (χ1v) is 5.85. The van der Waals surface area contributed by atoms with Gasteiger partial charge in [-0.05, 0) is 19.0 Å². The molecule has 102 valence electrons. The van der Waals surface area contributed by atoms with Crippen LogP contribution in [0.3, 0.4) is 0 Å². The summed E-state index contributed by atoms with van der Waals surface area (Å²) in [6, 6.07) is 8.21. The van der Waals surface area contributed by atoms with Gasteiger partial charge in [0.05, 0.1) is 12.6 Å². The van der Waals surface area contributed by atoms with Crippen LogP contribution in [0.25, 0.3) is 0 Å². The fourth-order valence-electron chi connectivity index (χ4n) is 2.05. The normalized spacial score (nSPS) is 15.7. The first-order valence-electron chi connectivity index (χ1n) is 5.85. The van der Waals surface area contributed by atoms with Crippen molar-refractivity contribution in [1.29, 1.82) is 0 Å². The maximum absolute atomic E-state index is 12.3. The highest BCUT2D eigenvalue weighted by atomic mass is 19.4. The van der Waals surface area contributed by atoms with Crippen LogP contribution in [-0.2, 0) is 0 Å². The van der Waals surface area contributed by atoms with Crippen molar-refractivity contribution in [3.05, 3.63) is 35.9 Å². The highest BCUT2D eigenvalue weighted by molar-refractivity contribution is 5.18. The molecule has 0 saturated heterocycles. The van der Waals surface area contributed by atoms with Gasteiger partial charge in [0.15, 0.2) is 0 Å². The third-order valence-electron chi connectivity index (χ3n) is 2.92. The lowest BCUT2D eigenvalue weighted by Gasteiger charge is -2.31. The number of hydrogen-bond donors (Lipinski definition) is 1. The molecular weight excluding hydrogens is 243 g/mol.